The van der Waals surface area contributed by atoms with E-state index in [0.29, 0.717) is 18.4 Å². The summed E-state index contributed by atoms with van der Waals surface area (Å²) >= 11 is 0. The molecule has 4 nitrogen and oxygen atoms in total. The van der Waals surface area contributed by atoms with E-state index >= 15 is 0 Å². The number of methoxy groups -OCH3 is 1. The Kier molecular flexibility index (Phi) is 5.40. The van der Waals surface area contributed by atoms with Crippen LogP contribution in [0.2, 0.25) is 0 Å². The smallest absolute Gasteiger partial charge is 0.223 e. The molecule has 17 heavy (non-hydrogen) atoms. The summed E-state index contributed by atoms with van der Waals surface area (Å²) in [5, 5.41) is 3.10. The molecule has 3 N–H and O–H groups in total. The van der Waals surface area contributed by atoms with E-state index < -0.39 is 0 Å². The largest absolute Gasteiger partial charge is 0.378 e. The third kappa shape index (κ3) is 5.04. The van der Waals surface area contributed by atoms with E-state index in [2.05, 4.69) is 5.32 Å². The first-order valence-corrected chi connectivity index (χ1v) is 6.51. The van der Waals surface area contributed by atoms with Gasteiger partial charge in [0.25, 0.3) is 0 Å². The lowest BCUT2D eigenvalue weighted by Gasteiger charge is -2.30. The highest BCUT2D eigenvalue weighted by molar-refractivity contribution is 5.77. The average Bonchev–Trinajstić information content (AvgIpc) is 2.28. The fourth-order valence-electron chi connectivity index (χ4n) is 2.37. The number of nitrogens with two attached hydrogens (primary N) is 1. The Morgan fingerprint density at radius 3 is 2.76 bits per heavy atom. The van der Waals surface area contributed by atoms with Gasteiger partial charge in [-0.3, -0.25) is 4.79 Å². The second-order valence-electron chi connectivity index (χ2n) is 5.67. The highest BCUT2D eigenvalue weighted by Gasteiger charge is 2.25. The molecule has 0 aromatic carbocycles. The second-order valence-corrected chi connectivity index (χ2v) is 5.67. The van der Waals surface area contributed by atoms with Crippen LogP contribution >= 0.6 is 0 Å². The fourth-order valence-corrected chi connectivity index (χ4v) is 2.37. The van der Waals surface area contributed by atoms with Gasteiger partial charge in [0, 0.05) is 13.2 Å². The molecule has 2 atom stereocenters. The van der Waals surface area contributed by atoms with Crippen molar-refractivity contribution in [1.29, 1.82) is 0 Å². The Morgan fingerprint density at radius 1 is 1.47 bits per heavy atom. The Labute approximate surface area is 104 Å². The lowest BCUT2D eigenvalue weighted by molar-refractivity contribution is -0.127. The molecule has 0 aromatic rings. The molecule has 0 saturated heterocycles. The van der Waals surface area contributed by atoms with Crippen LogP contribution in [-0.4, -0.2) is 31.2 Å². The van der Waals surface area contributed by atoms with E-state index in [1.165, 1.54) is 12.8 Å². The molecular formula is C13H26N2O2. The van der Waals surface area contributed by atoms with E-state index in [-0.39, 0.29) is 11.5 Å². The van der Waals surface area contributed by atoms with Crippen LogP contribution in [0.4, 0.5) is 0 Å². The summed E-state index contributed by atoms with van der Waals surface area (Å²) in [6.45, 7) is 4.59. The first kappa shape index (κ1) is 14.5. The third-order valence-electron chi connectivity index (χ3n) is 3.62. The summed E-state index contributed by atoms with van der Waals surface area (Å²) in [4.78, 5) is 11.9. The minimum Gasteiger partial charge on any atom is -0.378 e. The van der Waals surface area contributed by atoms with Crippen molar-refractivity contribution in [2.24, 2.45) is 11.7 Å². The van der Waals surface area contributed by atoms with Crippen molar-refractivity contribution in [2.45, 2.75) is 57.6 Å². The van der Waals surface area contributed by atoms with Crippen LogP contribution in [-0.2, 0) is 9.53 Å². The minimum atomic E-state index is -0.383. The zero-order valence-corrected chi connectivity index (χ0v) is 11.3. The maximum absolute atomic E-state index is 11.9. The summed E-state index contributed by atoms with van der Waals surface area (Å²) in [6.07, 6.45) is 4.88. The van der Waals surface area contributed by atoms with Crippen LogP contribution in [0.25, 0.3) is 0 Å². The number of rotatable bonds is 5. The number of nitrogens with one attached hydrogen (secondary N) is 1. The number of carbonyl (C=O) groups excluding carboxylic acids is 1. The van der Waals surface area contributed by atoms with Crippen molar-refractivity contribution < 1.29 is 9.53 Å². The van der Waals surface area contributed by atoms with Crippen LogP contribution in [0.3, 0.4) is 0 Å². The zero-order valence-electron chi connectivity index (χ0n) is 11.3. The van der Waals surface area contributed by atoms with Gasteiger partial charge >= 0.3 is 0 Å². The molecule has 0 radical (unpaired) electrons. The van der Waals surface area contributed by atoms with Gasteiger partial charge in [-0.25, -0.2) is 0 Å². The molecule has 0 aromatic heterocycles. The summed E-state index contributed by atoms with van der Waals surface area (Å²) in [6, 6.07) is 0.303. The topological polar surface area (TPSA) is 64.3 Å². The summed E-state index contributed by atoms with van der Waals surface area (Å²) in [7, 11) is 1.64. The Bertz CT molecular complexity index is 254. The normalized spacial score (nSPS) is 25.6. The predicted octanol–water partition coefficient (Wildman–Crippen LogP) is 1.44. The predicted molar refractivity (Wildman–Crippen MR) is 68.6 cm³/mol. The van der Waals surface area contributed by atoms with Crippen molar-refractivity contribution in [2.75, 3.05) is 13.7 Å². The SMILES string of the molecule is COC(C)(C)CC(=O)NC1CCCC(CN)C1. The van der Waals surface area contributed by atoms with Crippen LogP contribution in [0, 0.1) is 5.92 Å². The molecule has 4 heteroatoms. The Morgan fingerprint density at radius 2 is 2.18 bits per heavy atom. The van der Waals surface area contributed by atoms with Gasteiger partial charge < -0.3 is 15.8 Å². The van der Waals surface area contributed by atoms with Gasteiger partial charge in [0.2, 0.25) is 5.91 Å². The number of amides is 1. The quantitative estimate of drug-likeness (QED) is 0.766. The molecular weight excluding hydrogens is 216 g/mol. The highest BCUT2D eigenvalue weighted by atomic mass is 16.5. The average molecular weight is 242 g/mol. The molecule has 1 saturated carbocycles. The molecule has 1 aliphatic carbocycles. The number of hydrogen-bond acceptors (Lipinski definition) is 3. The number of hydrogen-bond donors (Lipinski definition) is 2. The van der Waals surface area contributed by atoms with Gasteiger partial charge in [0.15, 0.2) is 0 Å². The Hall–Kier alpha value is -0.610. The molecule has 0 bridgehead atoms. The summed E-state index contributed by atoms with van der Waals surface area (Å²) < 4.78 is 5.26. The van der Waals surface area contributed by atoms with Gasteiger partial charge in [-0.1, -0.05) is 6.42 Å². The molecule has 2 unspecified atom stereocenters. The maximum Gasteiger partial charge on any atom is 0.223 e. The molecule has 1 rings (SSSR count). The highest BCUT2D eigenvalue weighted by Crippen LogP contribution is 2.23. The molecule has 1 aliphatic rings. The van der Waals surface area contributed by atoms with Crippen molar-refractivity contribution in [3.05, 3.63) is 0 Å². The van der Waals surface area contributed by atoms with Gasteiger partial charge in [0.1, 0.15) is 0 Å². The van der Waals surface area contributed by atoms with E-state index in [4.69, 9.17) is 10.5 Å². The molecule has 0 aliphatic heterocycles. The number of carbonyl (C=O) groups is 1. The van der Waals surface area contributed by atoms with Crippen molar-refractivity contribution in [3.8, 4) is 0 Å². The molecule has 0 heterocycles. The second kappa shape index (κ2) is 6.36. The standard InChI is InChI=1S/C13H26N2O2/c1-13(2,17-3)8-12(16)15-11-6-4-5-10(7-11)9-14/h10-11H,4-9,14H2,1-3H3,(H,15,16). The summed E-state index contributed by atoms with van der Waals surface area (Å²) in [5.74, 6) is 0.656. The van der Waals surface area contributed by atoms with Gasteiger partial charge in [-0.2, -0.15) is 0 Å². The summed E-state index contributed by atoms with van der Waals surface area (Å²) in [5.41, 5.74) is 5.30. The van der Waals surface area contributed by atoms with Crippen molar-refractivity contribution in [3.63, 3.8) is 0 Å². The van der Waals surface area contributed by atoms with E-state index in [9.17, 15) is 4.79 Å². The van der Waals surface area contributed by atoms with Gasteiger partial charge in [-0.15, -0.1) is 0 Å². The Balaban J connectivity index is 2.35. The fraction of sp³-hybridized carbons (Fsp3) is 0.923. The lowest BCUT2D eigenvalue weighted by Crippen LogP contribution is -2.42. The van der Waals surface area contributed by atoms with Crippen LogP contribution in [0.5, 0.6) is 0 Å². The van der Waals surface area contributed by atoms with E-state index in [1.807, 2.05) is 13.8 Å². The molecule has 0 spiro atoms. The maximum atomic E-state index is 11.9. The monoisotopic (exact) mass is 242 g/mol. The molecule has 1 fully saturated rings. The van der Waals surface area contributed by atoms with Crippen molar-refractivity contribution >= 4 is 5.91 Å². The van der Waals surface area contributed by atoms with Gasteiger partial charge in [-0.05, 0) is 45.6 Å². The van der Waals surface area contributed by atoms with Crippen LogP contribution in [0.15, 0.2) is 0 Å². The first-order chi connectivity index (χ1) is 7.96. The third-order valence-corrected chi connectivity index (χ3v) is 3.62. The number of ether oxygens (including phenoxy) is 1. The van der Waals surface area contributed by atoms with E-state index in [0.717, 1.165) is 19.4 Å². The molecule has 100 valence electrons. The lowest BCUT2D eigenvalue weighted by atomic mass is 9.85. The molecule has 1 amide bonds. The minimum absolute atomic E-state index is 0.0829. The van der Waals surface area contributed by atoms with Crippen LogP contribution in [0.1, 0.15) is 46.0 Å². The zero-order chi connectivity index (χ0) is 12.9. The first-order valence-electron chi connectivity index (χ1n) is 6.51. The van der Waals surface area contributed by atoms with E-state index in [1.54, 1.807) is 7.11 Å². The van der Waals surface area contributed by atoms with Crippen molar-refractivity contribution in [1.82, 2.24) is 5.32 Å². The van der Waals surface area contributed by atoms with Crippen LogP contribution < -0.4 is 11.1 Å². The van der Waals surface area contributed by atoms with Gasteiger partial charge in [0.05, 0.1) is 12.0 Å².